The van der Waals surface area contributed by atoms with Crippen molar-refractivity contribution in [2.24, 2.45) is 11.8 Å². The average Bonchev–Trinajstić information content (AvgIpc) is 3.03. The molecule has 1 heterocycles. The molecule has 0 aliphatic heterocycles. The van der Waals surface area contributed by atoms with Gasteiger partial charge >= 0.3 is 0 Å². The number of nitrogens with one attached hydrogen (secondary N) is 1. The van der Waals surface area contributed by atoms with Gasteiger partial charge in [-0.1, -0.05) is 13.8 Å². The lowest BCUT2D eigenvalue weighted by atomic mass is 10.1. The van der Waals surface area contributed by atoms with E-state index in [1.807, 2.05) is 19.2 Å². The normalized spacial score (nSPS) is 14.3. The Morgan fingerprint density at radius 3 is 2.80 bits per heavy atom. The van der Waals surface area contributed by atoms with Crippen LogP contribution < -0.4 is 5.32 Å². The lowest BCUT2D eigenvalue weighted by molar-refractivity contribution is -0.135. The van der Waals surface area contributed by atoms with E-state index in [9.17, 15) is 9.59 Å². The van der Waals surface area contributed by atoms with E-state index in [1.165, 1.54) is 24.2 Å². The van der Waals surface area contributed by atoms with Crippen molar-refractivity contribution in [2.75, 3.05) is 18.4 Å². The first-order valence-electron chi connectivity index (χ1n) is 7.01. The van der Waals surface area contributed by atoms with E-state index in [4.69, 9.17) is 0 Å². The van der Waals surface area contributed by atoms with Gasteiger partial charge in [0, 0.05) is 24.5 Å². The molecule has 0 bridgehead atoms. The Hall–Kier alpha value is -1.43. The lowest BCUT2D eigenvalue weighted by Crippen LogP contribution is -2.39. The summed E-state index contributed by atoms with van der Waals surface area (Å²) in [5, 5.41) is 5.12. The molecule has 20 heavy (non-hydrogen) atoms. The molecule has 0 atom stereocenters. The maximum Gasteiger partial charge on any atom is 0.245 e. The predicted octanol–water partition coefficient (Wildman–Crippen LogP) is 2.37. The molecule has 1 aliphatic rings. The highest BCUT2D eigenvalue weighted by Crippen LogP contribution is 2.30. The highest BCUT2D eigenvalue weighted by atomic mass is 32.1. The van der Waals surface area contributed by atoms with E-state index in [-0.39, 0.29) is 18.4 Å². The third-order valence-electron chi connectivity index (χ3n) is 3.12. The van der Waals surface area contributed by atoms with Crippen LogP contribution in [0.1, 0.15) is 33.1 Å². The molecule has 0 spiro atoms. The Balaban J connectivity index is 1.88. The summed E-state index contributed by atoms with van der Waals surface area (Å²) in [7, 11) is 0. The molecule has 0 aromatic carbocycles. The molecule has 2 rings (SSSR count). The Morgan fingerprint density at radius 1 is 1.50 bits per heavy atom. The molecular weight excluding hydrogens is 274 g/mol. The van der Waals surface area contributed by atoms with Gasteiger partial charge in [-0.2, -0.15) is 0 Å². The number of amides is 2. The third-order valence-corrected chi connectivity index (χ3v) is 3.81. The van der Waals surface area contributed by atoms with Crippen molar-refractivity contribution in [1.82, 2.24) is 9.88 Å². The lowest BCUT2D eigenvalue weighted by Gasteiger charge is -2.22. The standard InChI is InChI=1S/C14H21N3O2S/c1-10(2)7-13(19)17(8-11-3-4-11)9-12(18)16-14-15-5-6-20-14/h5-6,10-11H,3-4,7-9H2,1-2H3,(H,15,16,18). The number of nitrogens with zero attached hydrogens (tertiary/aromatic N) is 2. The average molecular weight is 295 g/mol. The quantitative estimate of drug-likeness (QED) is 0.840. The van der Waals surface area contributed by atoms with E-state index >= 15 is 0 Å². The second-order valence-electron chi connectivity index (χ2n) is 5.70. The maximum absolute atomic E-state index is 12.2. The molecule has 0 saturated heterocycles. The molecule has 1 N–H and O–H groups in total. The van der Waals surface area contributed by atoms with Crippen LogP contribution in [0.25, 0.3) is 0 Å². The zero-order valence-corrected chi connectivity index (χ0v) is 12.8. The number of anilines is 1. The predicted molar refractivity (Wildman–Crippen MR) is 79.5 cm³/mol. The van der Waals surface area contributed by atoms with E-state index in [1.54, 1.807) is 11.1 Å². The fraction of sp³-hybridized carbons (Fsp3) is 0.643. The maximum atomic E-state index is 12.2. The first-order valence-corrected chi connectivity index (χ1v) is 7.89. The van der Waals surface area contributed by atoms with Crippen molar-refractivity contribution >= 4 is 28.3 Å². The molecule has 1 aromatic heterocycles. The van der Waals surface area contributed by atoms with E-state index in [0.717, 1.165) is 0 Å². The zero-order valence-electron chi connectivity index (χ0n) is 12.0. The van der Waals surface area contributed by atoms with Crippen molar-refractivity contribution in [2.45, 2.75) is 33.1 Å². The number of hydrogen-bond acceptors (Lipinski definition) is 4. The topological polar surface area (TPSA) is 62.3 Å². The van der Waals surface area contributed by atoms with Gasteiger partial charge in [-0.3, -0.25) is 9.59 Å². The first-order chi connectivity index (χ1) is 9.54. The molecule has 0 radical (unpaired) electrons. The fourth-order valence-electron chi connectivity index (χ4n) is 1.96. The van der Waals surface area contributed by atoms with Gasteiger partial charge in [0.1, 0.15) is 0 Å². The summed E-state index contributed by atoms with van der Waals surface area (Å²) in [4.78, 5) is 29.9. The van der Waals surface area contributed by atoms with Crippen molar-refractivity contribution in [3.63, 3.8) is 0 Å². The van der Waals surface area contributed by atoms with Crippen LogP contribution in [0.3, 0.4) is 0 Å². The zero-order chi connectivity index (χ0) is 14.5. The van der Waals surface area contributed by atoms with E-state index in [0.29, 0.717) is 29.9 Å². The smallest absolute Gasteiger partial charge is 0.245 e. The molecule has 110 valence electrons. The minimum Gasteiger partial charge on any atom is -0.333 e. The summed E-state index contributed by atoms with van der Waals surface area (Å²) >= 11 is 1.38. The van der Waals surface area contributed by atoms with E-state index in [2.05, 4.69) is 10.3 Å². The van der Waals surface area contributed by atoms with Crippen molar-refractivity contribution < 1.29 is 9.59 Å². The first kappa shape index (κ1) is 15.0. The number of carbonyl (C=O) groups is 2. The number of rotatable bonds is 7. The van der Waals surface area contributed by atoms with Gasteiger partial charge in [-0.15, -0.1) is 11.3 Å². The summed E-state index contributed by atoms with van der Waals surface area (Å²) in [5.41, 5.74) is 0. The molecule has 0 unspecified atom stereocenters. The van der Waals surface area contributed by atoms with Crippen LogP contribution in [0.2, 0.25) is 0 Å². The van der Waals surface area contributed by atoms with Gasteiger partial charge in [-0.25, -0.2) is 4.98 Å². The van der Waals surface area contributed by atoms with Crippen LogP contribution in [-0.2, 0) is 9.59 Å². The fourth-order valence-corrected chi connectivity index (χ4v) is 2.51. The number of hydrogen-bond donors (Lipinski definition) is 1. The highest BCUT2D eigenvalue weighted by molar-refractivity contribution is 7.13. The second kappa shape index (κ2) is 6.83. The van der Waals surface area contributed by atoms with E-state index < -0.39 is 0 Å². The van der Waals surface area contributed by atoms with Crippen molar-refractivity contribution in [3.05, 3.63) is 11.6 Å². The minimum absolute atomic E-state index is 0.0705. The van der Waals surface area contributed by atoms with Crippen LogP contribution >= 0.6 is 11.3 Å². The summed E-state index contributed by atoms with van der Waals surface area (Å²) in [6.45, 7) is 4.87. The van der Waals surface area contributed by atoms with Crippen LogP contribution in [0.5, 0.6) is 0 Å². The molecule has 2 amide bonds. The summed E-state index contributed by atoms with van der Waals surface area (Å²) in [5.74, 6) is 0.795. The molecule has 1 aromatic rings. The Kier molecular flexibility index (Phi) is 5.11. The molecule has 1 saturated carbocycles. The van der Waals surface area contributed by atoms with Crippen LogP contribution in [0.4, 0.5) is 5.13 Å². The summed E-state index contributed by atoms with van der Waals surface area (Å²) in [6, 6.07) is 0. The van der Waals surface area contributed by atoms with Gasteiger partial charge in [0.05, 0.1) is 6.54 Å². The monoisotopic (exact) mass is 295 g/mol. The highest BCUT2D eigenvalue weighted by Gasteiger charge is 2.28. The third kappa shape index (κ3) is 4.92. The molecule has 5 nitrogen and oxygen atoms in total. The summed E-state index contributed by atoms with van der Waals surface area (Å²) in [6.07, 6.45) is 4.47. The summed E-state index contributed by atoms with van der Waals surface area (Å²) < 4.78 is 0. The molecule has 1 aliphatic carbocycles. The SMILES string of the molecule is CC(C)CC(=O)N(CC(=O)Nc1nccs1)CC1CC1. The number of aromatic nitrogens is 1. The van der Waals surface area contributed by atoms with Crippen molar-refractivity contribution in [1.29, 1.82) is 0 Å². The Labute approximate surface area is 123 Å². The Bertz CT molecular complexity index is 455. The minimum atomic E-state index is -0.169. The van der Waals surface area contributed by atoms with Gasteiger partial charge in [0.2, 0.25) is 11.8 Å². The number of carbonyl (C=O) groups excluding carboxylic acids is 2. The van der Waals surface area contributed by atoms with Crippen LogP contribution in [0.15, 0.2) is 11.6 Å². The van der Waals surface area contributed by atoms with Gasteiger partial charge in [0.15, 0.2) is 5.13 Å². The van der Waals surface area contributed by atoms with Crippen molar-refractivity contribution in [3.8, 4) is 0 Å². The van der Waals surface area contributed by atoms with Gasteiger partial charge < -0.3 is 10.2 Å². The largest absolute Gasteiger partial charge is 0.333 e. The number of thiazole rings is 1. The van der Waals surface area contributed by atoms with Crippen LogP contribution in [-0.4, -0.2) is 34.8 Å². The van der Waals surface area contributed by atoms with Gasteiger partial charge in [0.25, 0.3) is 0 Å². The Morgan fingerprint density at radius 2 is 2.25 bits per heavy atom. The van der Waals surface area contributed by atoms with Gasteiger partial charge in [-0.05, 0) is 24.7 Å². The molecular formula is C14H21N3O2S. The second-order valence-corrected chi connectivity index (χ2v) is 6.60. The molecule has 1 fully saturated rings. The van der Waals surface area contributed by atoms with Crippen LogP contribution in [0, 0.1) is 11.8 Å². The molecule has 6 heteroatoms.